The van der Waals surface area contributed by atoms with E-state index in [9.17, 15) is 14.4 Å². The smallest absolute Gasteiger partial charge is 0.320 e. The second-order valence-corrected chi connectivity index (χ2v) is 5.79. The Morgan fingerprint density at radius 3 is 2.48 bits per heavy atom. The monoisotopic (exact) mass is 319 g/mol. The van der Waals surface area contributed by atoms with Crippen LogP contribution in [0.15, 0.2) is 24.3 Å². The molecule has 0 aromatic heterocycles. The van der Waals surface area contributed by atoms with E-state index in [0.29, 0.717) is 24.2 Å². The van der Waals surface area contributed by atoms with Gasteiger partial charge in [-0.25, -0.2) is 0 Å². The predicted molar refractivity (Wildman–Crippen MR) is 85.3 cm³/mol. The van der Waals surface area contributed by atoms with Gasteiger partial charge in [-0.3, -0.25) is 19.3 Å². The number of aliphatic carboxylic acids is 1. The van der Waals surface area contributed by atoms with Crippen molar-refractivity contribution in [1.29, 1.82) is 0 Å². The van der Waals surface area contributed by atoms with Gasteiger partial charge in [0.15, 0.2) is 0 Å². The SMILES string of the molecule is CN(C)C(=O)c1ccc(NC(=O)CN2CCCC2C(=O)O)cc1. The molecule has 1 aromatic carbocycles. The number of nitrogens with one attached hydrogen (secondary N) is 1. The Hall–Kier alpha value is -2.41. The van der Waals surface area contributed by atoms with Crippen LogP contribution >= 0.6 is 0 Å². The van der Waals surface area contributed by atoms with E-state index in [-0.39, 0.29) is 18.4 Å². The van der Waals surface area contributed by atoms with Crippen LogP contribution < -0.4 is 5.32 Å². The number of anilines is 1. The normalized spacial score (nSPS) is 17.7. The Morgan fingerprint density at radius 1 is 1.26 bits per heavy atom. The van der Waals surface area contributed by atoms with Crippen molar-refractivity contribution < 1.29 is 19.5 Å². The third kappa shape index (κ3) is 4.29. The van der Waals surface area contributed by atoms with Gasteiger partial charge in [-0.2, -0.15) is 0 Å². The van der Waals surface area contributed by atoms with Crippen LogP contribution in [0.25, 0.3) is 0 Å². The minimum absolute atomic E-state index is 0.0509. The van der Waals surface area contributed by atoms with Gasteiger partial charge in [0.2, 0.25) is 5.91 Å². The number of carboxylic acid groups (broad SMARTS) is 1. The first-order valence-electron chi connectivity index (χ1n) is 7.47. The van der Waals surface area contributed by atoms with Crippen molar-refractivity contribution in [3.63, 3.8) is 0 Å². The Kier molecular flexibility index (Phi) is 5.33. The van der Waals surface area contributed by atoms with Crippen molar-refractivity contribution in [3.8, 4) is 0 Å². The summed E-state index contributed by atoms with van der Waals surface area (Å²) in [5.41, 5.74) is 1.12. The van der Waals surface area contributed by atoms with Crippen LogP contribution in [0.2, 0.25) is 0 Å². The quantitative estimate of drug-likeness (QED) is 0.841. The van der Waals surface area contributed by atoms with Crippen LogP contribution in [0.4, 0.5) is 5.69 Å². The zero-order valence-electron chi connectivity index (χ0n) is 13.3. The molecule has 0 bridgehead atoms. The van der Waals surface area contributed by atoms with Gasteiger partial charge in [0.25, 0.3) is 5.91 Å². The van der Waals surface area contributed by atoms with Gasteiger partial charge in [0.1, 0.15) is 6.04 Å². The molecule has 0 saturated carbocycles. The molecule has 1 unspecified atom stereocenters. The first kappa shape index (κ1) is 17.0. The first-order chi connectivity index (χ1) is 10.9. The molecular formula is C16H21N3O4. The lowest BCUT2D eigenvalue weighted by molar-refractivity contribution is -0.142. The number of amides is 2. The molecule has 1 heterocycles. The zero-order valence-corrected chi connectivity index (χ0v) is 13.3. The highest BCUT2D eigenvalue weighted by Crippen LogP contribution is 2.17. The third-order valence-corrected chi connectivity index (χ3v) is 3.82. The van der Waals surface area contributed by atoms with Gasteiger partial charge in [0, 0.05) is 25.3 Å². The zero-order chi connectivity index (χ0) is 17.0. The van der Waals surface area contributed by atoms with E-state index in [1.165, 1.54) is 4.90 Å². The topological polar surface area (TPSA) is 90.0 Å². The predicted octanol–water partition coefficient (Wildman–Crippen LogP) is 0.876. The fourth-order valence-electron chi connectivity index (χ4n) is 2.63. The van der Waals surface area contributed by atoms with Crippen molar-refractivity contribution in [3.05, 3.63) is 29.8 Å². The molecule has 1 fully saturated rings. The third-order valence-electron chi connectivity index (χ3n) is 3.82. The van der Waals surface area contributed by atoms with Crippen LogP contribution in [-0.4, -0.2) is 65.9 Å². The molecule has 1 aromatic rings. The maximum absolute atomic E-state index is 12.0. The number of rotatable bonds is 5. The highest BCUT2D eigenvalue weighted by Gasteiger charge is 2.31. The summed E-state index contributed by atoms with van der Waals surface area (Å²) in [6.07, 6.45) is 1.36. The molecular weight excluding hydrogens is 298 g/mol. The summed E-state index contributed by atoms with van der Waals surface area (Å²) in [7, 11) is 3.35. The summed E-state index contributed by atoms with van der Waals surface area (Å²) in [4.78, 5) is 38.1. The van der Waals surface area contributed by atoms with Crippen molar-refractivity contribution in [2.75, 3.05) is 32.5 Å². The lowest BCUT2D eigenvalue weighted by atomic mass is 10.2. The van der Waals surface area contributed by atoms with E-state index in [1.807, 2.05) is 0 Å². The molecule has 1 atom stereocenters. The Labute approximate surface area is 134 Å². The summed E-state index contributed by atoms with van der Waals surface area (Å²) < 4.78 is 0. The van der Waals surface area contributed by atoms with Gasteiger partial charge < -0.3 is 15.3 Å². The second kappa shape index (κ2) is 7.23. The molecule has 2 N–H and O–H groups in total. The average molecular weight is 319 g/mol. The Morgan fingerprint density at radius 2 is 1.91 bits per heavy atom. The number of carbonyl (C=O) groups excluding carboxylic acids is 2. The van der Waals surface area contributed by atoms with Crippen LogP contribution in [0.1, 0.15) is 23.2 Å². The molecule has 2 rings (SSSR count). The molecule has 0 radical (unpaired) electrons. The van der Waals surface area contributed by atoms with Gasteiger partial charge in [-0.1, -0.05) is 0 Å². The second-order valence-electron chi connectivity index (χ2n) is 5.79. The van der Waals surface area contributed by atoms with E-state index in [1.54, 1.807) is 43.3 Å². The molecule has 1 aliphatic heterocycles. The van der Waals surface area contributed by atoms with Gasteiger partial charge >= 0.3 is 5.97 Å². The Balaban J connectivity index is 1.93. The molecule has 0 aliphatic carbocycles. The van der Waals surface area contributed by atoms with Gasteiger partial charge in [-0.15, -0.1) is 0 Å². The molecule has 0 spiro atoms. The van der Waals surface area contributed by atoms with Crippen LogP contribution in [0.3, 0.4) is 0 Å². The fourth-order valence-corrected chi connectivity index (χ4v) is 2.63. The van der Waals surface area contributed by atoms with E-state index < -0.39 is 12.0 Å². The molecule has 7 heteroatoms. The summed E-state index contributed by atoms with van der Waals surface area (Å²) >= 11 is 0. The molecule has 1 aliphatic rings. The molecule has 7 nitrogen and oxygen atoms in total. The van der Waals surface area contributed by atoms with E-state index in [0.717, 1.165) is 6.42 Å². The van der Waals surface area contributed by atoms with Crippen molar-refractivity contribution in [2.45, 2.75) is 18.9 Å². The lowest BCUT2D eigenvalue weighted by Crippen LogP contribution is -2.40. The largest absolute Gasteiger partial charge is 0.480 e. The number of likely N-dealkylation sites (tertiary alicyclic amines) is 1. The number of nitrogens with zero attached hydrogens (tertiary/aromatic N) is 2. The fraction of sp³-hybridized carbons (Fsp3) is 0.438. The van der Waals surface area contributed by atoms with Crippen LogP contribution in [-0.2, 0) is 9.59 Å². The van der Waals surface area contributed by atoms with E-state index in [4.69, 9.17) is 5.11 Å². The first-order valence-corrected chi connectivity index (χ1v) is 7.47. The number of hydrogen-bond donors (Lipinski definition) is 2. The van der Waals surface area contributed by atoms with Gasteiger partial charge in [0.05, 0.1) is 6.54 Å². The number of carboxylic acids is 1. The number of hydrogen-bond acceptors (Lipinski definition) is 4. The standard InChI is InChI=1S/C16H21N3O4/c1-18(2)15(21)11-5-7-12(8-6-11)17-14(20)10-19-9-3-4-13(19)16(22)23/h5-8,13H,3-4,9-10H2,1-2H3,(H,17,20)(H,22,23). The van der Waals surface area contributed by atoms with Crippen molar-refractivity contribution >= 4 is 23.5 Å². The highest BCUT2D eigenvalue weighted by molar-refractivity contribution is 5.96. The summed E-state index contributed by atoms with van der Waals surface area (Å²) in [5, 5.41) is 11.8. The number of benzene rings is 1. The maximum Gasteiger partial charge on any atom is 0.320 e. The highest BCUT2D eigenvalue weighted by atomic mass is 16.4. The average Bonchev–Trinajstić information content (AvgIpc) is 2.95. The van der Waals surface area contributed by atoms with Crippen molar-refractivity contribution in [1.82, 2.24) is 9.80 Å². The lowest BCUT2D eigenvalue weighted by Gasteiger charge is -2.20. The van der Waals surface area contributed by atoms with Gasteiger partial charge in [-0.05, 0) is 43.7 Å². The van der Waals surface area contributed by atoms with Crippen LogP contribution in [0.5, 0.6) is 0 Å². The molecule has 23 heavy (non-hydrogen) atoms. The maximum atomic E-state index is 12.0. The minimum atomic E-state index is -0.887. The number of carbonyl (C=O) groups is 3. The summed E-state index contributed by atoms with van der Waals surface area (Å²) in [6, 6.07) is 6.03. The summed E-state index contributed by atoms with van der Waals surface area (Å²) in [5.74, 6) is -1.25. The Bertz CT molecular complexity index is 598. The van der Waals surface area contributed by atoms with E-state index >= 15 is 0 Å². The minimum Gasteiger partial charge on any atom is -0.480 e. The van der Waals surface area contributed by atoms with Crippen LogP contribution in [0, 0.1) is 0 Å². The molecule has 124 valence electrons. The van der Waals surface area contributed by atoms with Crippen molar-refractivity contribution in [2.24, 2.45) is 0 Å². The summed E-state index contributed by atoms with van der Waals surface area (Å²) in [6.45, 7) is 0.663. The van der Waals surface area contributed by atoms with E-state index in [2.05, 4.69) is 5.32 Å². The molecule has 2 amide bonds. The molecule has 1 saturated heterocycles.